The van der Waals surface area contributed by atoms with Crippen LogP contribution in [0, 0.1) is 115 Å². The monoisotopic (exact) mass is 1960 g/mol. The number of pyridine rings is 3. The molecule has 0 aromatic carbocycles. The van der Waals surface area contributed by atoms with Crippen LogP contribution in [0.3, 0.4) is 0 Å². The molecule has 8 atom stereocenters. The molecule has 0 aliphatic heterocycles. The van der Waals surface area contributed by atoms with Crippen molar-refractivity contribution < 1.29 is 85.2 Å². The number of nitrogens with one attached hydrogen (secondary N) is 8. The van der Waals surface area contributed by atoms with E-state index in [2.05, 4.69) is 265 Å². The minimum absolute atomic E-state index is 0.338. The van der Waals surface area contributed by atoms with Crippen molar-refractivity contribution in [3.05, 3.63) is 135 Å². The van der Waals surface area contributed by atoms with Gasteiger partial charge in [0.2, 0.25) is 0 Å². The summed E-state index contributed by atoms with van der Waals surface area (Å²) >= 11 is 7.95. The number of thiazole rings is 1. The van der Waals surface area contributed by atoms with Crippen molar-refractivity contribution in [2.24, 2.45) is 102 Å². The third-order valence-electron chi connectivity index (χ3n) is 20.1. The van der Waals surface area contributed by atoms with Gasteiger partial charge in [-0.25, -0.2) is 63.3 Å². The van der Waals surface area contributed by atoms with Crippen LogP contribution < -0.4 is 42.5 Å². The Labute approximate surface area is 788 Å². The molecule has 8 heterocycles. The maximum atomic E-state index is 11.5. The van der Waals surface area contributed by atoms with Crippen LogP contribution in [0.5, 0.6) is 0 Å². The average Bonchev–Trinajstić information content (AvgIpc) is 1.77. The molecule has 724 valence electrons. The topological polar surface area (TPSA) is 454 Å². The minimum Gasteiger partial charge on any atom is -0.449 e. The van der Waals surface area contributed by atoms with Crippen LogP contribution in [0.2, 0.25) is 0 Å². The van der Waals surface area contributed by atoms with Gasteiger partial charge in [-0.15, -0.1) is 11.3 Å². The number of carbonyl (C=O) groups is 8. The van der Waals surface area contributed by atoms with E-state index in [1.807, 2.05) is 27.7 Å². The highest BCUT2D eigenvalue weighted by Gasteiger charge is 2.20. The van der Waals surface area contributed by atoms with E-state index in [9.17, 15) is 38.4 Å². The van der Waals surface area contributed by atoms with Crippen LogP contribution in [-0.4, -0.2) is 151 Å². The average molecular weight is 1970 g/mol. The molecule has 0 aliphatic carbocycles. The van der Waals surface area contributed by atoms with Gasteiger partial charge in [0, 0.05) is 68.2 Å². The molecule has 0 saturated carbocycles. The number of amides is 8. The summed E-state index contributed by atoms with van der Waals surface area (Å²) in [4.78, 5) is 119. The molecule has 130 heavy (non-hydrogen) atoms. The van der Waals surface area contributed by atoms with Gasteiger partial charge in [0.05, 0.1) is 75.9 Å². The Bertz CT molecular complexity index is 4120. The highest BCUT2D eigenvalue weighted by atomic mass is 79.9. The molecule has 0 fully saturated rings. The molecule has 8 amide bonds. The number of hydrogen-bond donors (Lipinski definition) is 8. The fourth-order valence-corrected chi connectivity index (χ4v) is 8.97. The van der Waals surface area contributed by atoms with Gasteiger partial charge >= 0.3 is 48.7 Å². The fourth-order valence-electron chi connectivity index (χ4n) is 7.83. The Morgan fingerprint density at radius 2 is 0.754 bits per heavy atom. The number of aryl methyl sites for hydroxylation is 4. The molecule has 36 nitrogen and oxygen atoms in total. The van der Waals surface area contributed by atoms with Crippen molar-refractivity contribution in [1.82, 2.24) is 49.8 Å². The minimum atomic E-state index is -0.499. The predicted octanol–water partition coefficient (Wildman–Crippen LogP) is 23.8. The molecule has 0 bridgehead atoms. The normalized spacial score (nSPS) is 12.4. The van der Waals surface area contributed by atoms with E-state index < -0.39 is 48.7 Å². The van der Waals surface area contributed by atoms with Crippen LogP contribution >= 0.6 is 43.2 Å². The number of rotatable bonds is 32. The van der Waals surface area contributed by atoms with Gasteiger partial charge in [0.15, 0.2) is 29.2 Å². The Morgan fingerprint density at radius 1 is 0.369 bits per heavy atom. The van der Waals surface area contributed by atoms with Gasteiger partial charge in [-0.3, -0.25) is 52.2 Å². The smallest absolute Gasteiger partial charge is 0.412 e. The first-order chi connectivity index (χ1) is 61.1. The summed E-state index contributed by atoms with van der Waals surface area (Å²) in [5, 5.41) is 30.8. The Morgan fingerprint density at radius 3 is 1.08 bits per heavy atom. The van der Waals surface area contributed by atoms with Gasteiger partial charge in [-0.2, -0.15) is 10.1 Å². The van der Waals surface area contributed by atoms with Crippen molar-refractivity contribution in [2.75, 3.05) is 95.4 Å². The molecule has 0 aliphatic rings. The number of anilines is 8. The molecule has 8 aromatic rings. The quantitative estimate of drug-likeness (QED) is 0.0143. The Kier molecular flexibility index (Phi) is 58.9. The van der Waals surface area contributed by atoms with E-state index in [-0.39, 0.29) is 0 Å². The Hall–Kier alpha value is -11.1. The van der Waals surface area contributed by atoms with Crippen LogP contribution in [0.25, 0.3) is 0 Å². The van der Waals surface area contributed by atoms with Crippen LogP contribution in [-0.2, 0) is 44.9 Å². The summed E-state index contributed by atoms with van der Waals surface area (Å²) in [7, 11) is 1.79. The third kappa shape index (κ3) is 57.8. The number of ether oxygens (including phenoxy) is 8. The van der Waals surface area contributed by atoms with E-state index >= 15 is 0 Å². The van der Waals surface area contributed by atoms with Crippen LogP contribution in [0.1, 0.15) is 183 Å². The highest BCUT2D eigenvalue weighted by molar-refractivity contribution is 9.10. The number of oxazole rings is 1. The molecule has 0 radical (unpaired) electrons. The maximum Gasteiger partial charge on any atom is 0.412 e. The lowest BCUT2D eigenvalue weighted by atomic mass is 10.00. The summed E-state index contributed by atoms with van der Waals surface area (Å²) in [5.74, 6) is 10.6. The lowest BCUT2D eigenvalue weighted by Gasteiger charge is -2.15. The number of carbonyl (C=O) groups excluding carboxylic acids is 8. The summed E-state index contributed by atoms with van der Waals surface area (Å²) in [5.41, 5.74) is 1.28. The number of hydrogen-bond acceptors (Lipinski definition) is 28. The van der Waals surface area contributed by atoms with Crippen LogP contribution in [0.4, 0.5) is 84.6 Å². The summed E-state index contributed by atoms with van der Waals surface area (Å²) in [6, 6.07) is 15.6. The molecule has 0 saturated heterocycles. The number of aromatic nitrogens is 10. The van der Waals surface area contributed by atoms with E-state index in [4.69, 9.17) is 46.8 Å². The second-order valence-electron chi connectivity index (χ2n) is 33.8. The van der Waals surface area contributed by atoms with Crippen molar-refractivity contribution in [3.63, 3.8) is 0 Å². The fraction of sp³-hybridized carbons (Fsp3) is 0.571. The summed E-state index contributed by atoms with van der Waals surface area (Å²) in [6.07, 6.45) is 8.73. The molecular weight excluding hydrogens is 1820 g/mol. The zero-order valence-electron chi connectivity index (χ0n) is 80.8. The molecular formula is C91H142Br2N18O18S. The van der Waals surface area contributed by atoms with Crippen molar-refractivity contribution >= 4 is 138 Å². The standard InChI is InChI=1S/2C12H17BrN2O2.C12H18N2O2.C11H19N3O2.C11H17N3O2.2C11H18N2O3.C11H18N2O2S/c1-8(2)9(3)7-17-12(16)15-10-4-5-14-11(13)6-10;1-8(2)9(3)7-17-12(16)15-10-4-5-11(13)14-6-10;1-9(2)10(3)8-16-12(15)14-11-6-4-5-7-13-11;1-8(2)9(3)7-16-11(15)12-10-5-6-14(4)13-10;1-8(2)9(3)7-16-11(15)14-10-6-12-4-5-13-10;1-7(2)8(3)6-15-11(14)12-10-5-9(4)16-13-10;1-7(2)8(3)5-16-11(14)13-10-6-15-9(4)12-10;1-7(2)8(3)5-15-11(14)13-10-6-16-9(4)12-10/h4-6,8-9H,7H2,1-3H3,(H,14,15,16);4-6,8-9H,7H2,1-3H3,(H,15,16);4-7,9-10H,8H2,1-3H3,(H,13,14,15);5-6,8-9H,7H2,1-4H3,(H,12,13,15);4-6,8-9H,7H2,1-3H3,(H,13,14,15);5,7-8H,6H2,1-4H3,(H,12,13,14);2*6-8H,5H2,1-4H3,(H,13,14)/t2*9-;10-;2*9-;3*8-/m11111111/s1. The lowest BCUT2D eigenvalue weighted by Crippen LogP contribution is -2.20. The first-order valence-corrected chi connectivity index (χ1v) is 45.8. The second kappa shape index (κ2) is 65.5. The molecule has 8 aromatic heterocycles. The SMILES string of the molecule is CC(C)[C@H](C)COC(=O)Nc1ccc(Br)nc1.CC(C)[C@H](C)COC(=O)Nc1ccccn1.CC(C)[C@H](C)COC(=O)Nc1ccn(C)n1.CC(C)[C@H](C)COC(=O)Nc1ccnc(Br)c1.CC(C)[C@H](C)COC(=O)Nc1cnccn1.Cc1cc(NC(=O)OC[C@@H](C)C(C)C)no1.Cc1nc(NC(=O)OC[C@@H](C)C(C)C)co1.Cc1nc(NC(=O)OC[C@@H](C)C(C)C)cs1. The molecule has 8 N–H and O–H groups in total. The third-order valence-corrected chi connectivity index (χ3v) is 21.7. The predicted molar refractivity (Wildman–Crippen MR) is 514 cm³/mol. The lowest BCUT2D eigenvalue weighted by molar-refractivity contribution is 0.132. The molecule has 0 unspecified atom stereocenters. The second-order valence-corrected chi connectivity index (χ2v) is 36.5. The van der Waals surface area contributed by atoms with Gasteiger partial charge < -0.3 is 46.8 Å². The highest BCUT2D eigenvalue weighted by Crippen LogP contribution is 2.21. The van der Waals surface area contributed by atoms with Crippen molar-refractivity contribution in [3.8, 4) is 0 Å². The van der Waals surface area contributed by atoms with Crippen molar-refractivity contribution in [2.45, 2.75) is 187 Å². The van der Waals surface area contributed by atoms with Crippen molar-refractivity contribution in [1.29, 1.82) is 0 Å². The van der Waals surface area contributed by atoms with E-state index in [0.717, 1.165) is 9.61 Å². The van der Waals surface area contributed by atoms with Gasteiger partial charge in [0.1, 0.15) is 32.9 Å². The van der Waals surface area contributed by atoms with Crippen LogP contribution in [0.15, 0.2) is 128 Å². The molecule has 0 spiro atoms. The van der Waals surface area contributed by atoms with E-state index in [1.165, 1.54) is 36.2 Å². The number of nitrogens with zero attached hydrogens (tertiary/aromatic N) is 10. The van der Waals surface area contributed by atoms with Gasteiger partial charge in [-0.1, -0.05) is 177 Å². The zero-order chi connectivity index (χ0) is 98.1. The van der Waals surface area contributed by atoms with E-state index in [1.54, 1.807) is 110 Å². The summed E-state index contributed by atoms with van der Waals surface area (Å²) < 4.78 is 53.4. The zero-order valence-corrected chi connectivity index (χ0v) is 84.8. The maximum absolute atomic E-state index is 11.5. The van der Waals surface area contributed by atoms with Gasteiger partial charge in [0.25, 0.3) is 0 Å². The summed E-state index contributed by atoms with van der Waals surface area (Å²) in [6.45, 7) is 58.7. The Balaban J connectivity index is 0.000000743. The largest absolute Gasteiger partial charge is 0.449 e. The molecule has 39 heteroatoms. The van der Waals surface area contributed by atoms with E-state index in [0.29, 0.717) is 210 Å². The first-order valence-electron chi connectivity index (χ1n) is 43.3. The van der Waals surface area contributed by atoms with Gasteiger partial charge in [-0.05, 0) is 177 Å². The molecule has 8 rings (SSSR count). The number of halogens is 2. The first kappa shape index (κ1) is 117.